The molecule has 0 aromatic heterocycles. The Morgan fingerprint density at radius 3 is 2.71 bits per heavy atom. The summed E-state index contributed by atoms with van der Waals surface area (Å²) < 4.78 is 25.6. The van der Waals surface area contributed by atoms with Crippen LogP contribution in [0.4, 0.5) is 5.69 Å². The summed E-state index contributed by atoms with van der Waals surface area (Å²) in [5.74, 6) is -0.225. The lowest BCUT2D eigenvalue weighted by molar-refractivity contribution is 0.476. The van der Waals surface area contributed by atoms with E-state index < -0.39 is 15.3 Å². The maximum atomic E-state index is 11.7. The van der Waals surface area contributed by atoms with E-state index in [0.717, 1.165) is 0 Å². The molecule has 17 heavy (non-hydrogen) atoms. The Kier molecular flexibility index (Phi) is 4.21. The maximum absolute atomic E-state index is 11.7. The van der Waals surface area contributed by atoms with Gasteiger partial charge < -0.3 is 5.11 Å². The Balaban J connectivity index is 2.99. The molecule has 92 valence electrons. The first-order valence-corrected chi connectivity index (χ1v) is 6.73. The van der Waals surface area contributed by atoms with E-state index in [9.17, 15) is 13.5 Å². The molecule has 0 saturated heterocycles. The number of benzene rings is 1. The number of nitrogens with zero attached hydrogens (tertiary/aromatic N) is 1. The topological polar surface area (TPSA) is 90.2 Å². The van der Waals surface area contributed by atoms with E-state index in [1.807, 2.05) is 0 Å². The molecule has 0 radical (unpaired) electrons. The molecule has 2 N–H and O–H groups in total. The van der Waals surface area contributed by atoms with Crippen LogP contribution in [0.1, 0.15) is 13.3 Å². The molecule has 0 fully saturated rings. The van der Waals surface area contributed by atoms with E-state index in [-0.39, 0.29) is 22.9 Å². The monoisotopic (exact) mass is 274 g/mol. The van der Waals surface area contributed by atoms with E-state index in [4.69, 9.17) is 16.9 Å². The third kappa shape index (κ3) is 3.25. The molecule has 1 aromatic rings. The van der Waals surface area contributed by atoms with Crippen LogP contribution in [-0.2, 0) is 10.0 Å². The van der Waals surface area contributed by atoms with Gasteiger partial charge in [0.25, 0.3) is 0 Å². The first kappa shape index (κ1) is 13.6. The summed E-state index contributed by atoms with van der Waals surface area (Å²) in [5.41, 5.74) is 0.167. The molecule has 0 saturated carbocycles. The van der Waals surface area contributed by atoms with Gasteiger partial charge in [0.2, 0.25) is 10.0 Å². The number of hydrogen-bond donors (Lipinski definition) is 2. The first-order valence-electron chi connectivity index (χ1n) is 4.80. The molecule has 7 heteroatoms. The van der Waals surface area contributed by atoms with Gasteiger partial charge in [-0.2, -0.15) is 5.26 Å². The number of hydrogen-bond acceptors (Lipinski definition) is 4. The molecule has 0 bridgehead atoms. The standard InChI is InChI=1S/C10H11ClN2O3S/c1-2-8(6-12)17(15,16)13-7-3-4-9(11)10(14)5-7/h3-5,8,13-14H,2H2,1H3. The predicted molar refractivity (Wildman–Crippen MR) is 65.4 cm³/mol. The van der Waals surface area contributed by atoms with Gasteiger partial charge in [-0.05, 0) is 18.6 Å². The average Bonchev–Trinajstić information content (AvgIpc) is 2.24. The summed E-state index contributed by atoms with van der Waals surface area (Å²) in [4.78, 5) is 0. The number of sulfonamides is 1. The Hall–Kier alpha value is -1.45. The second kappa shape index (κ2) is 5.25. The van der Waals surface area contributed by atoms with Crippen LogP contribution in [0.2, 0.25) is 5.02 Å². The molecular weight excluding hydrogens is 264 g/mol. The summed E-state index contributed by atoms with van der Waals surface area (Å²) >= 11 is 5.59. The molecule has 0 amide bonds. The fourth-order valence-electron chi connectivity index (χ4n) is 1.19. The molecule has 1 atom stereocenters. The van der Waals surface area contributed by atoms with Gasteiger partial charge in [-0.1, -0.05) is 18.5 Å². The molecular formula is C10H11ClN2O3S. The quantitative estimate of drug-likeness (QED) is 0.879. The van der Waals surface area contributed by atoms with Crippen molar-refractivity contribution < 1.29 is 13.5 Å². The van der Waals surface area contributed by atoms with Crippen molar-refractivity contribution in [3.63, 3.8) is 0 Å². The molecule has 1 aromatic carbocycles. The summed E-state index contributed by atoms with van der Waals surface area (Å²) in [6.07, 6.45) is 0.186. The lowest BCUT2D eigenvalue weighted by Gasteiger charge is -2.11. The van der Waals surface area contributed by atoms with E-state index in [1.165, 1.54) is 18.2 Å². The highest BCUT2D eigenvalue weighted by Gasteiger charge is 2.23. The number of anilines is 1. The zero-order valence-electron chi connectivity index (χ0n) is 9.01. The second-order valence-corrected chi connectivity index (χ2v) is 5.61. The zero-order chi connectivity index (χ0) is 13.1. The summed E-state index contributed by atoms with van der Waals surface area (Å²) in [6, 6.07) is 5.65. The van der Waals surface area contributed by atoms with E-state index >= 15 is 0 Å². The Labute approximate surface area is 105 Å². The van der Waals surface area contributed by atoms with E-state index in [0.29, 0.717) is 0 Å². The highest BCUT2D eigenvalue weighted by atomic mass is 35.5. The Bertz CT molecular complexity index is 551. The smallest absolute Gasteiger partial charge is 0.249 e. The molecule has 0 heterocycles. The second-order valence-electron chi connectivity index (χ2n) is 3.34. The minimum absolute atomic E-state index is 0.125. The number of phenolic OH excluding ortho intramolecular Hbond substituents is 1. The summed E-state index contributed by atoms with van der Waals surface area (Å²) in [7, 11) is -3.77. The average molecular weight is 275 g/mol. The number of nitriles is 1. The van der Waals surface area contributed by atoms with Crippen molar-refractivity contribution in [2.24, 2.45) is 0 Å². The van der Waals surface area contributed by atoms with E-state index in [2.05, 4.69) is 4.72 Å². The van der Waals surface area contributed by atoms with Crippen LogP contribution in [0.3, 0.4) is 0 Å². The van der Waals surface area contributed by atoms with E-state index in [1.54, 1.807) is 13.0 Å². The molecule has 1 rings (SSSR count). The van der Waals surface area contributed by atoms with Crippen LogP contribution >= 0.6 is 11.6 Å². The normalized spacial score (nSPS) is 12.8. The molecule has 0 aliphatic rings. The lowest BCUT2D eigenvalue weighted by atomic mass is 10.3. The predicted octanol–water partition coefficient (Wildman–Crippen LogP) is 2.09. The molecule has 0 spiro atoms. The first-order chi connectivity index (χ1) is 7.90. The van der Waals surface area contributed by atoms with Crippen molar-refractivity contribution in [2.45, 2.75) is 18.6 Å². The fourth-order valence-corrected chi connectivity index (χ4v) is 2.48. The number of aromatic hydroxyl groups is 1. The van der Waals surface area contributed by atoms with Crippen molar-refractivity contribution >= 4 is 27.3 Å². The van der Waals surface area contributed by atoms with Crippen molar-refractivity contribution in [3.05, 3.63) is 23.2 Å². The Morgan fingerprint density at radius 2 is 2.24 bits per heavy atom. The minimum Gasteiger partial charge on any atom is -0.506 e. The lowest BCUT2D eigenvalue weighted by Crippen LogP contribution is -2.25. The van der Waals surface area contributed by atoms with Gasteiger partial charge in [-0.3, -0.25) is 4.72 Å². The number of rotatable bonds is 4. The molecule has 5 nitrogen and oxygen atoms in total. The molecule has 0 aliphatic heterocycles. The fraction of sp³-hybridized carbons (Fsp3) is 0.300. The van der Waals surface area contributed by atoms with Crippen LogP contribution in [0.5, 0.6) is 5.75 Å². The highest BCUT2D eigenvalue weighted by Crippen LogP contribution is 2.27. The largest absolute Gasteiger partial charge is 0.506 e. The van der Waals surface area contributed by atoms with Crippen molar-refractivity contribution in [2.75, 3.05) is 4.72 Å². The van der Waals surface area contributed by atoms with Gasteiger partial charge in [0.1, 0.15) is 5.75 Å². The maximum Gasteiger partial charge on any atom is 0.249 e. The molecule has 0 aliphatic carbocycles. The Morgan fingerprint density at radius 1 is 1.59 bits per heavy atom. The number of phenols is 1. The van der Waals surface area contributed by atoms with Crippen LogP contribution in [0, 0.1) is 11.3 Å². The number of halogens is 1. The van der Waals surface area contributed by atoms with Crippen LogP contribution in [0.15, 0.2) is 18.2 Å². The third-order valence-corrected chi connectivity index (χ3v) is 4.12. The highest BCUT2D eigenvalue weighted by molar-refractivity contribution is 7.93. The summed E-state index contributed by atoms with van der Waals surface area (Å²) in [6.45, 7) is 1.60. The van der Waals surface area contributed by atoms with Crippen molar-refractivity contribution in [3.8, 4) is 11.8 Å². The van der Waals surface area contributed by atoms with Crippen LogP contribution in [-0.4, -0.2) is 18.8 Å². The van der Waals surface area contributed by atoms with Gasteiger partial charge in [0.05, 0.1) is 16.8 Å². The van der Waals surface area contributed by atoms with Gasteiger partial charge in [-0.15, -0.1) is 0 Å². The van der Waals surface area contributed by atoms with Crippen LogP contribution < -0.4 is 4.72 Å². The van der Waals surface area contributed by atoms with Crippen molar-refractivity contribution in [1.29, 1.82) is 5.26 Å². The third-order valence-electron chi connectivity index (χ3n) is 2.10. The SMILES string of the molecule is CCC(C#N)S(=O)(=O)Nc1ccc(Cl)c(O)c1. The summed E-state index contributed by atoms with van der Waals surface area (Å²) in [5, 5.41) is 17.0. The molecule has 1 unspecified atom stereocenters. The van der Waals surface area contributed by atoms with Gasteiger partial charge in [-0.25, -0.2) is 8.42 Å². The van der Waals surface area contributed by atoms with Crippen molar-refractivity contribution in [1.82, 2.24) is 0 Å². The van der Waals surface area contributed by atoms with Crippen LogP contribution in [0.25, 0.3) is 0 Å². The van der Waals surface area contributed by atoms with Gasteiger partial charge >= 0.3 is 0 Å². The minimum atomic E-state index is -3.77. The van der Waals surface area contributed by atoms with Gasteiger partial charge in [0, 0.05) is 6.07 Å². The van der Waals surface area contributed by atoms with Gasteiger partial charge in [0.15, 0.2) is 5.25 Å². The zero-order valence-corrected chi connectivity index (χ0v) is 10.6. The number of nitrogens with one attached hydrogen (secondary N) is 1.